The number of carbonyl (C=O) groups is 1. The maximum absolute atomic E-state index is 10.9. The molecule has 0 fully saturated rings. The summed E-state index contributed by atoms with van der Waals surface area (Å²) in [6.07, 6.45) is 1.35. The maximum atomic E-state index is 10.9. The zero-order valence-corrected chi connectivity index (χ0v) is 7.82. The largest absolute Gasteiger partial charge is 0.506 e. The van der Waals surface area contributed by atoms with Crippen LogP contribution in [0.3, 0.4) is 0 Å². The predicted molar refractivity (Wildman–Crippen MR) is 53.6 cm³/mol. The number of hydrogen-bond donors (Lipinski definition) is 1. The average Bonchev–Trinajstić information content (AvgIpc) is 2.16. The average molecular weight is 208 g/mol. The summed E-state index contributed by atoms with van der Waals surface area (Å²) < 4.78 is 0. The monoisotopic (exact) mass is 207 g/mol. The maximum Gasteiger partial charge on any atom is 0.252 e. The molecule has 2 aromatic rings. The molecule has 70 valence electrons. The van der Waals surface area contributed by atoms with Crippen molar-refractivity contribution in [1.82, 2.24) is 4.98 Å². The van der Waals surface area contributed by atoms with E-state index >= 15 is 0 Å². The molecule has 0 unspecified atom stereocenters. The van der Waals surface area contributed by atoms with E-state index in [1.807, 2.05) is 0 Å². The molecule has 0 aliphatic heterocycles. The van der Waals surface area contributed by atoms with E-state index in [4.69, 9.17) is 11.6 Å². The Labute approximate surface area is 85.0 Å². The molecule has 0 spiro atoms. The van der Waals surface area contributed by atoms with Crippen LogP contribution in [0.5, 0.6) is 5.75 Å². The fraction of sp³-hybridized carbons (Fsp3) is 0. The number of aromatic hydroxyl groups is 1. The Hall–Kier alpha value is -1.61. The van der Waals surface area contributed by atoms with Crippen LogP contribution in [0.15, 0.2) is 30.5 Å². The van der Waals surface area contributed by atoms with Crippen LogP contribution in [0, 0.1) is 0 Å². The second-order valence-electron chi connectivity index (χ2n) is 2.87. The molecule has 14 heavy (non-hydrogen) atoms. The SMILES string of the molecule is O=C(Cl)c1ccc2ncc(O)cc2c1. The Balaban J connectivity index is 2.69. The fourth-order valence-corrected chi connectivity index (χ4v) is 1.36. The molecular formula is C10H6ClNO2. The summed E-state index contributed by atoms with van der Waals surface area (Å²) in [5, 5.41) is 9.35. The zero-order chi connectivity index (χ0) is 10.1. The van der Waals surface area contributed by atoms with Gasteiger partial charge in [-0.05, 0) is 35.9 Å². The topological polar surface area (TPSA) is 50.2 Å². The lowest BCUT2D eigenvalue weighted by Gasteiger charge is -1.99. The van der Waals surface area contributed by atoms with Gasteiger partial charge >= 0.3 is 0 Å². The van der Waals surface area contributed by atoms with E-state index in [0.717, 1.165) is 0 Å². The van der Waals surface area contributed by atoms with E-state index in [1.54, 1.807) is 18.2 Å². The highest BCUT2D eigenvalue weighted by Crippen LogP contribution is 2.19. The number of aromatic nitrogens is 1. The number of nitrogens with zero attached hydrogens (tertiary/aromatic N) is 1. The van der Waals surface area contributed by atoms with Crippen molar-refractivity contribution >= 4 is 27.7 Å². The first-order valence-corrected chi connectivity index (χ1v) is 4.33. The van der Waals surface area contributed by atoms with Gasteiger partial charge in [0, 0.05) is 10.9 Å². The highest BCUT2D eigenvalue weighted by molar-refractivity contribution is 6.67. The molecule has 0 radical (unpaired) electrons. The van der Waals surface area contributed by atoms with Gasteiger partial charge in [0.15, 0.2) is 0 Å². The first-order chi connectivity index (χ1) is 6.66. The summed E-state index contributed by atoms with van der Waals surface area (Å²) in [5.41, 5.74) is 1.11. The van der Waals surface area contributed by atoms with Gasteiger partial charge in [-0.1, -0.05) is 0 Å². The van der Waals surface area contributed by atoms with E-state index in [2.05, 4.69) is 4.98 Å². The summed E-state index contributed by atoms with van der Waals surface area (Å²) in [6, 6.07) is 6.41. The van der Waals surface area contributed by atoms with Gasteiger partial charge in [0.1, 0.15) is 5.75 Å². The van der Waals surface area contributed by atoms with Gasteiger partial charge in [-0.2, -0.15) is 0 Å². The Morgan fingerprint density at radius 2 is 2.14 bits per heavy atom. The molecule has 3 nitrogen and oxygen atoms in total. The molecule has 1 N–H and O–H groups in total. The van der Waals surface area contributed by atoms with Crippen LogP contribution in [-0.4, -0.2) is 15.3 Å². The lowest BCUT2D eigenvalue weighted by molar-refractivity contribution is 0.108. The molecule has 0 aliphatic carbocycles. The third kappa shape index (κ3) is 1.54. The predicted octanol–water partition coefficient (Wildman–Crippen LogP) is 2.32. The smallest absolute Gasteiger partial charge is 0.252 e. The van der Waals surface area contributed by atoms with E-state index in [-0.39, 0.29) is 5.75 Å². The summed E-state index contributed by atoms with van der Waals surface area (Å²) in [5.74, 6) is 0.0664. The molecule has 0 saturated heterocycles. The van der Waals surface area contributed by atoms with Crippen LogP contribution in [0.2, 0.25) is 0 Å². The number of rotatable bonds is 1. The van der Waals surface area contributed by atoms with Crippen molar-refractivity contribution in [1.29, 1.82) is 0 Å². The third-order valence-corrected chi connectivity index (χ3v) is 2.11. The quantitative estimate of drug-likeness (QED) is 0.731. The van der Waals surface area contributed by atoms with Crippen molar-refractivity contribution in [3.63, 3.8) is 0 Å². The van der Waals surface area contributed by atoms with Gasteiger partial charge in [-0.25, -0.2) is 0 Å². The van der Waals surface area contributed by atoms with Gasteiger partial charge in [0.25, 0.3) is 5.24 Å². The fourth-order valence-electron chi connectivity index (χ4n) is 1.24. The first kappa shape index (κ1) is 8.97. The Bertz CT molecular complexity index is 510. The minimum absolute atomic E-state index is 0.0664. The van der Waals surface area contributed by atoms with E-state index in [1.165, 1.54) is 12.3 Å². The van der Waals surface area contributed by atoms with Gasteiger partial charge in [0.2, 0.25) is 0 Å². The summed E-state index contributed by atoms with van der Waals surface area (Å²) in [6.45, 7) is 0. The molecule has 0 aliphatic rings. The first-order valence-electron chi connectivity index (χ1n) is 3.95. The number of carbonyl (C=O) groups excluding carboxylic acids is 1. The second kappa shape index (κ2) is 3.27. The molecule has 1 aromatic carbocycles. The third-order valence-electron chi connectivity index (χ3n) is 1.89. The van der Waals surface area contributed by atoms with Crippen LogP contribution in [-0.2, 0) is 0 Å². The minimum atomic E-state index is -0.518. The van der Waals surface area contributed by atoms with Crippen LogP contribution in [0.25, 0.3) is 10.9 Å². The van der Waals surface area contributed by atoms with Crippen molar-refractivity contribution in [3.05, 3.63) is 36.0 Å². The molecule has 0 bridgehead atoms. The molecule has 4 heteroatoms. The Morgan fingerprint density at radius 3 is 2.86 bits per heavy atom. The van der Waals surface area contributed by atoms with Gasteiger partial charge < -0.3 is 5.11 Å². The number of fused-ring (bicyclic) bond motifs is 1. The van der Waals surface area contributed by atoms with Crippen molar-refractivity contribution in [3.8, 4) is 5.75 Å². The Kier molecular flexibility index (Phi) is 2.09. The van der Waals surface area contributed by atoms with E-state index in [9.17, 15) is 9.90 Å². The summed E-state index contributed by atoms with van der Waals surface area (Å²) in [4.78, 5) is 14.8. The standard InChI is InChI=1S/C10H6ClNO2/c11-10(14)6-1-2-9-7(3-6)4-8(13)5-12-9/h1-5,13H. The second-order valence-corrected chi connectivity index (χ2v) is 3.22. The molecule has 1 heterocycles. The van der Waals surface area contributed by atoms with Crippen LogP contribution >= 0.6 is 11.6 Å². The molecule has 0 saturated carbocycles. The van der Waals surface area contributed by atoms with Gasteiger partial charge in [-0.15, -0.1) is 0 Å². The van der Waals surface area contributed by atoms with Crippen LogP contribution in [0.4, 0.5) is 0 Å². The Morgan fingerprint density at radius 1 is 1.36 bits per heavy atom. The number of halogens is 1. The summed E-state index contributed by atoms with van der Waals surface area (Å²) >= 11 is 5.32. The highest BCUT2D eigenvalue weighted by atomic mass is 35.5. The van der Waals surface area contributed by atoms with Crippen LogP contribution < -0.4 is 0 Å². The van der Waals surface area contributed by atoms with Crippen LogP contribution in [0.1, 0.15) is 10.4 Å². The van der Waals surface area contributed by atoms with E-state index < -0.39 is 5.24 Å². The molecule has 2 rings (SSSR count). The zero-order valence-electron chi connectivity index (χ0n) is 7.07. The molecule has 0 amide bonds. The molecular weight excluding hydrogens is 202 g/mol. The minimum Gasteiger partial charge on any atom is -0.506 e. The number of benzene rings is 1. The van der Waals surface area contributed by atoms with Gasteiger partial charge in [-0.3, -0.25) is 9.78 Å². The number of hydrogen-bond acceptors (Lipinski definition) is 3. The van der Waals surface area contributed by atoms with Crippen molar-refractivity contribution in [2.24, 2.45) is 0 Å². The number of pyridine rings is 1. The van der Waals surface area contributed by atoms with Crippen molar-refractivity contribution < 1.29 is 9.90 Å². The normalized spacial score (nSPS) is 10.4. The van der Waals surface area contributed by atoms with Gasteiger partial charge in [0.05, 0.1) is 11.7 Å². The lowest BCUT2D eigenvalue weighted by atomic mass is 10.1. The van der Waals surface area contributed by atoms with Crippen molar-refractivity contribution in [2.75, 3.05) is 0 Å². The highest BCUT2D eigenvalue weighted by Gasteiger charge is 2.03. The van der Waals surface area contributed by atoms with E-state index in [0.29, 0.717) is 16.5 Å². The molecule has 1 aromatic heterocycles. The molecule has 0 atom stereocenters. The lowest BCUT2D eigenvalue weighted by Crippen LogP contribution is -1.88. The van der Waals surface area contributed by atoms with Crippen molar-refractivity contribution in [2.45, 2.75) is 0 Å². The summed E-state index contributed by atoms with van der Waals surface area (Å²) in [7, 11) is 0.